The Balaban J connectivity index is 1.45. The summed E-state index contributed by atoms with van der Waals surface area (Å²) in [5.74, 6) is -0.956. The zero-order valence-electron chi connectivity index (χ0n) is 17.2. The monoisotopic (exact) mass is 415 g/mol. The number of benzene rings is 3. The van der Waals surface area contributed by atoms with E-state index in [9.17, 15) is 9.59 Å². The number of hydrogen-bond donors (Lipinski definition) is 1. The zero-order chi connectivity index (χ0) is 21.6. The van der Waals surface area contributed by atoms with Crippen LogP contribution < -0.4 is 0 Å². The molecule has 1 N–H and O–H groups in total. The van der Waals surface area contributed by atoms with Gasteiger partial charge in [0, 0.05) is 19.0 Å². The summed E-state index contributed by atoms with van der Waals surface area (Å²) in [6.07, 6.45) is 0.0583. The number of nitrogens with zero attached hydrogens (tertiary/aromatic N) is 1. The molecule has 0 aromatic heterocycles. The number of aliphatic carboxylic acids is 1. The minimum Gasteiger partial charge on any atom is -0.481 e. The highest BCUT2D eigenvalue weighted by Crippen LogP contribution is 2.44. The molecule has 0 radical (unpaired) electrons. The van der Waals surface area contributed by atoms with E-state index in [4.69, 9.17) is 9.84 Å². The number of rotatable bonds is 8. The lowest BCUT2D eigenvalue weighted by Gasteiger charge is -2.23. The molecule has 1 aliphatic carbocycles. The van der Waals surface area contributed by atoms with Gasteiger partial charge in [-0.3, -0.25) is 4.79 Å². The maximum Gasteiger partial charge on any atom is 0.409 e. The molecule has 0 fully saturated rings. The molecule has 0 unspecified atom stereocenters. The Morgan fingerprint density at radius 1 is 0.806 bits per heavy atom. The highest BCUT2D eigenvalue weighted by Gasteiger charge is 2.29. The van der Waals surface area contributed by atoms with Crippen LogP contribution in [-0.4, -0.2) is 41.8 Å². The Hall–Kier alpha value is -3.60. The summed E-state index contributed by atoms with van der Waals surface area (Å²) in [5, 5.41) is 9.07. The molecule has 0 atom stereocenters. The first-order chi connectivity index (χ1) is 15.1. The summed E-state index contributed by atoms with van der Waals surface area (Å²) >= 11 is 0. The second-order valence-corrected chi connectivity index (χ2v) is 7.67. The molecule has 1 amide bonds. The fraction of sp³-hybridized carbons (Fsp3) is 0.231. The molecule has 3 aromatic rings. The molecule has 0 saturated heterocycles. The van der Waals surface area contributed by atoms with Crippen molar-refractivity contribution in [2.75, 3.05) is 19.7 Å². The summed E-state index contributed by atoms with van der Waals surface area (Å²) in [6.45, 7) is 0.759. The number of carbonyl (C=O) groups is 2. The average Bonchev–Trinajstić information content (AvgIpc) is 3.12. The van der Waals surface area contributed by atoms with Crippen LogP contribution in [0.5, 0.6) is 0 Å². The van der Waals surface area contributed by atoms with E-state index in [1.165, 1.54) is 16.0 Å². The molecule has 5 nitrogen and oxygen atoms in total. The molecule has 3 aromatic carbocycles. The molecular formula is C26H25NO4. The first-order valence-electron chi connectivity index (χ1n) is 10.5. The molecule has 31 heavy (non-hydrogen) atoms. The second kappa shape index (κ2) is 9.47. The quantitative estimate of drug-likeness (QED) is 0.565. The van der Waals surface area contributed by atoms with Crippen molar-refractivity contribution in [3.8, 4) is 11.1 Å². The van der Waals surface area contributed by atoms with Gasteiger partial charge in [-0.25, -0.2) is 4.79 Å². The molecule has 1 aliphatic rings. The van der Waals surface area contributed by atoms with Gasteiger partial charge in [-0.15, -0.1) is 0 Å². The van der Waals surface area contributed by atoms with Gasteiger partial charge >= 0.3 is 12.1 Å². The summed E-state index contributed by atoms with van der Waals surface area (Å²) in [5.41, 5.74) is 5.74. The maximum atomic E-state index is 12.9. The smallest absolute Gasteiger partial charge is 0.409 e. The lowest BCUT2D eigenvalue weighted by Crippen LogP contribution is -2.36. The van der Waals surface area contributed by atoms with Crippen molar-refractivity contribution in [1.29, 1.82) is 0 Å². The highest BCUT2D eigenvalue weighted by molar-refractivity contribution is 5.79. The van der Waals surface area contributed by atoms with Crippen LogP contribution in [0.3, 0.4) is 0 Å². The van der Waals surface area contributed by atoms with Gasteiger partial charge in [-0.2, -0.15) is 0 Å². The maximum absolute atomic E-state index is 12.9. The van der Waals surface area contributed by atoms with E-state index in [1.54, 1.807) is 0 Å². The van der Waals surface area contributed by atoms with Gasteiger partial charge in [0.2, 0.25) is 0 Å². The molecular weight excluding hydrogens is 390 g/mol. The lowest BCUT2D eigenvalue weighted by molar-refractivity contribution is -0.137. The van der Waals surface area contributed by atoms with Crippen molar-refractivity contribution in [3.05, 3.63) is 95.6 Å². The minimum absolute atomic E-state index is 0.0215. The predicted octanol–water partition coefficient (Wildman–Crippen LogP) is 4.95. The van der Waals surface area contributed by atoms with Crippen molar-refractivity contribution in [1.82, 2.24) is 4.90 Å². The van der Waals surface area contributed by atoms with Crippen molar-refractivity contribution >= 4 is 12.1 Å². The van der Waals surface area contributed by atoms with Crippen LogP contribution >= 0.6 is 0 Å². The second-order valence-electron chi connectivity index (χ2n) is 7.67. The van der Waals surface area contributed by atoms with E-state index in [-0.39, 0.29) is 25.5 Å². The van der Waals surface area contributed by atoms with Crippen molar-refractivity contribution in [2.45, 2.75) is 18.8 Å². The highest BCUT2D eigenvalue weighted by atomic mass is 16.6. The number of amides is 1. The molecule has 5 heteroatoms. The third kappa shape index (κ3) is 4.77. The van der Waals surface area contributed by atoms with Crippen molar-refractivity contribution < 1.29 is 19.4 Å². The number of hydrogen-bond acceptors (Lipinski definition) is 3. The average molecular weight is 415 g/mol. The van der Waals surface area contributed by atoms with Gasteiger partial charge in [-0.05, 0) is 34.2 Å². The number of fused-ring (bicyclic) bond motifs is 3. The third-order valence-electron chi connectivity index (χ3n) is 5.70. The van der Waals surface area contributed by atoms with Crippen LogP contribution in [0.15, 0.2) is 78.9 Å². The van der Waals surface area contributed by atoms with Crippen molar-refractivity contribution in [3.63, 3.8) is 0 Å². The Morgan fingerprint density at radius 3 is 2.00 bits per heavy atom. The molecule has 0 spiro atoms. The Labute approximate surface area is 181 Å². The van der Waals surface area contributed by atoms with Gasteiger partial charge in [0.15, 0.2) is 0 Å². The topological polar surface area (TPSA) is 66.8 Å². The zero-order valence-corrected chi connectivity index (χ0v) is 17.2. The largest absolute Gasteiger partial charge is 0.481 e. The number of carboxylic acid groups (broad SMARTS) is 1. The van der Waals surface area contributed by atoms with Gasteiger partial charge in [-0.1, -0.05) is 78.9 Å². The Morgan fingerprint density at radius 2 is 1.39 bits per heavy atom. The summed E-state index contributed by atoms with van der Waals surface area (Å²) in [7, 11) is 0. The van der Waals surface area contributed by atoms with E-state index < -0.39 is 12.1 Å². The molecule has 0 heterocycles. The van der Waals surface area contributed by atoms with E-state index in [0.29, 0.717) is 13.0 Å². The number of carbonyl (C=O) groups excluding carboxylic acids is 1. The van der Waals surface area contributed by atoms with Crippen LogP contribution in [0.4, 0.5) is 4.79 Å². The van der Waals surface area contributed by atoms with Gasteiger partial charge in [0.25, 0.3) is 0 Å². The fourth-order valence-electron chi connectivity index (χ4n) is 4.12. The van der Waals surface area contributed by atoms with E-state index in [2.05, 4.69) is 24.3 Å². The van der Waals surface area contributed by atoms with Gasteiger partial charge < -0.3 is 14.7 Å². The normalized spacial score (nSPS) is 12.1. The molecule has 0 aliphatic heterocycles. The fourth-order valence-corrected chi connectivity index (χ4v) is 4.12. The summed E-state index contributed by atoms with van der Waals surface area (Å²) in [6, 6.07) is 26.2. The first-order valence-corrected chi connectivity index (χ1v) is 10.5. The van der Waals surface area contributed by atoms with E-state index in [1.807, 2.05) is 54.6 Å². The van der Waals surface area contributed by atoms with Crippen LogP contribution in [0.2, 0.25) is 0 Å². The molecule has 0 bridgehead atoms. The van der Waals surface area contributed by atoms with Crippen LogP contribution in [0, 0.1) is 0 Å². The standard InChI is InChI=1S/C26H25NO4/c28-25(29)15-17-27(16-14-19-8-2-1-3-9-19)26(30)31-18-24-22-12-6-4-10-20(22)21-11-5-7-13-23(21)24/h1-13,24H,14-18H2,(H,28,29). The van der Waals surface area contributed by atoms with Crippen LogP contribution in [0.25, 0.3) is 11.1 Å². The number of carboxylic acids is 1. The van der Waals surface area contributed by atoms with Gasteiger partial charge in [0.1, 0.15) is 6.61 Å². The minimum atomic E-state index is -0.934. The van der Waals surface area contributed by atoms with Crippen LogP contribution in [0.1, 0.15) is 29.0 Å². The van der Waals surface area contributed by atoms with Crippen molar-refractivity contribution in [2.24, 2.45) is 0 Å². The molecule has 4 rings (SSSR count). The molecule has 0 saturated carbocycles. The van der Waals surface area contributed by atoms with Crippen LogP contribution in [-0.2, 0) is 16.0 Å². The summed E-state index contributed by atoms with van der Waals surface area (Å²) in [4.78, 5) is 25.4. The number of ether oxygens (including phenoxy) is 1. The third-order valence-corrected chi connectivity index (χ3v) is 5.70. The Kier molecular flexibility index (Phi) is 6.32. The Bertz CT molecular complexity index is 1020. The summed E-state index contributed by atoms with van der Waals surface area (Å²) < 4.78 is 5.72. The molecule has 158 valence electrons. The van der Waals surface area contributed by atoms with E-state index >= 15 is 0 Å². The SMILES string of the molecule is O=C(O)CCN(CCc1ccccc1)C(=O)OCC1c2ccccc2-c2ccccc21. The van der Waals surface area contributed by atoms with E-state index in [0.717, 1.165) is 16.7 Å². The lowest BCUT2D eigenvalue weighted by atomic mass is 9.98. The first kappa shape index (κ1) is 20.7. The predicted molar refractivity (Wildman–Crippen MR) is 119 cm³/mol. The van der Waals surface area contributed by atoms with Gasteiger partial charge in [0.05, 0.1) is 6.42 Å².